The third-order valence-electron chi connectivity index (χ3n) is 2.30. The normalized spacial score (nSPS) is 12.1. The first-order chi connectivity index (χ1) is 6.59. The van der Waals surface area contributed by atoms with E-state index in [2.05, 4.69) is 32.9 Å². The molecule has 0 atom stereocenters. The van der Waals surface area contributed by atoms with Crippen LogP contribution in [0.15, 0.2) is 34.2 Å². The molecule has 0 spiro atoms. The van der Waals surface area contributed by atoms with Gasteiger partial charge in [0, 0.05) is 5.56 Å². The van der Waals surface area contributed by atoms with Gasteiger partial charge in [-0.2, -0.15) is 0 Å². The Morgan fingerprint density at radius 3 is 2.43 bits per heavy atom. The average molecular weight is 190 g/mol. The predicted octanol–water partition coefficient (Wildman–Crippen LogP) is 3.16. The van der Waals surface area contributed by atoms with Crippen LogP contribution in [0.5, 0.6) is 0 Å². The summed E-state index contributed by atoms with van der Waals surface area (Å²) in [7, 11) is 0. The Morgan fingerprint density at radius 1 is 1.29 bits per heavy atom. The van der Waals surface area contributed by atoms with Crippen molar-refractivity contribution in [1.82, 2.24) is 0 Å². The van der Waals surface area contributed by atoms with Crippen molar-refractivity contribution in [2.45, 2.75) is 40.0 Å². The van der Waals surface area contributed by atoms with E-state index in [1.165, 1.54) is 11.1 Å². The van der Waals surface area contributed by atoms with Crippen molar-refractivity contribution in [3.05, 3.63) is 45.2 Å². The maximum absolute atomic E-state index is 10.7. The van der Waals surface area contributed by atoms with E-state index in [0.29, 0.717) is 0 Å². The van der Waals surface area contributed by atoms with Gasteiger partial charge in [0.2, 0.25) is 0 Å². The number of hydrogen-bond acceptors (Lipinski definition) is 1. The lowest BCUT2D eigenvalue weighted by Gasteiger charge is -1.97. The molecule has 1 nitrogen and oxygen atoms in total. The van der Waals surface area contributed by atoms with Gasteiger partial charge in [0.1, 0.15) is 0 Å². The van der Waals surface area contributed by atoms with Crippen molar-refractivity contribution in [3.8, 4) is 0 Å². The highest BCUT2D eigenvalue weighted by molar-refractivity contribution is 5.26. The summed E-state index contributed by atoms with van der Waals surface area (Å²) in [5.41, 5.74) is 3.96. The van der Waals surface area contributed by atoms with Crippen LogP contribution >= 0.6 is 0 Å². The van der Waals surface area contributed by atoms with Gasteiger partial charge in [0.05, 0.1) is 0 Å². The summed E-state index contributed by atoms with van der Waals surface area (Å²) in [4.78, 5) is 10.7. The van der Waals surface area contributed by atoms with Crippen LogP contribution in [0.1, 0.15) is 39.2 Å². The monoisotopic (exact) mass is 190 g/mol. The summed E-state index contributed by atoms with van der Waals surface area (Å²) in [5.74, 6) is 0. The van der Waals surface area contributed by atoms with Gasteiger partial charge < -0.3 is 0 Å². The molecule has 0 saturated heterocycles. The molecule has 0 aliphatic heterocycles. The zero-order valence-corrected chi connectivity index (χ0v) is 9.26. The molecule has 0 N–H and O–H groups in total. The lowest BCUT2D eigenvalue weighted by Crippen LogP contribution is -1.82. The van der Waals surface area contributed by atoms with Crippen LogP contribution in [-0.4, -0.2) is 0 Å². The molecule has 0 unspecified atom stereocenters. The van der Waals surface area contributed by atoms with Crippen molar-refractivity contribution in [3.63, 3.8) is 0 Å². The molecule has 0 bridgehead atoms. The van der Waals surface area contributed by atoms with E-state index in [1.54, 1.807) is 6.07 Å². The summed E-state index contributed by atoms with van der Waals surface area (Å²) in [6.07, 6.45) is 7.46. The Morgan fingerprint density at radius 2 is 1.93 bits per heavy atom. The molecule has 0 saturated carbocycles. The minimum Gasteiger partial charge on any atom is -0.290 e. The highest BCUT2D eigenvalue weighted by Gasteiger charge is 2.04. The van der Waals surface area contributed by atoms with Gasteiger partial charge in [0.25, 0.3) is 0 Å². The Labute approximate surface area is 85.8 Å². The summed E-state index contributed by atoms with van der Waals surface area (Å²) in [6.45, 7) is 6.37. The third kappa shape index (κ3) is 4.22. The standard InChI is InChI=1S/C13H18O/c1-10(2)5-4-6-11(3)7-8-12-9-13(12)14/h5,7,9H,4,6,8H2,1-3H3/b11-7+. The molecule has 1 aromatic carbocycles. The van der Waals surface area contributed by atoms with Crippen LogP contribution in [0.25, 0.3) is 0 Å². The van der Waals surface area contributed by atoms with Crippen LogP contribution in [0.4, 0.5) is 0 Å². The second-order valence-electron chi connectivity index (χ2n) is 4.11. The van der Waals surface area contributed by atoms with E-state index >= 15 is 0 Å². The van der Waals surface area contributed by atoms with Gasteiger partial charge in [-0.1, -0.05) is 23.3 Å². The number of rotatable bonds is 5. The lowest BCUT2D eigenvalue weighted by atomic mass is 10.1. The Hall–Kier alpha value is -1.11. The smallest absolute Gasteiger partial charge is 0.182 e. The first-order valence-corrected chi connectivity index (χ1v) is 5.13. The van der Waals surface area contributed by atoms with E-state index in [-0.39, 0.29) is 5.43 Å². The fourth-order valence-electron chi connectivity index (χ4n) is 1.26. The SMILES string of the molecule is CC(C)=CCC/C(C)=C/Cc1cc1=O. The molecule has 0 aliphatic rings. The molecule has 0 radical (unpaired) electrons. The van der Waals surface area contributed by atoms with E-state index < -0.39 is 0 Å². The summed E-state index contributed by atoms with van der Waals surface area (Å²) >= 11 is 0. The van der Waals surface area contributed by atoms with Crippen molar-refractivity contribution in [2.24, 2.45) is 0 Å². The third-order valence-corrected chi connectivity index (χ3v) is 2.30. The molecule has 0 fully saturated rings. The van der Waals surface area contributed by atoms with Gasteiger partial charge in [-0.15, -0.1) is 0 Å². The quantitative estimate of drug-likeness (QED) is 0.652. The van der Waals surface area contributed by atoms with Gasteiger partial charge in [-0.25, -0.2) is 0 Å². The first-order valence-electron chi connectivity index (χ1n) is 5.13. The van der Waals surface area contributed by atoms with Crippen LogP contribution in [-0.2, 0) is 6.42 Å². The molecule has 1 aromatic rings. The maximum atomic E-state index is 10.7. The number of allylic oxidation sites excluding steroid dienone is 4. The van der Waals surface area contributed by atoms with Crippen LogP contribution in [0.2, 0.25) is 0 Å². The molecule has 0 amide bonds. The van der Waals surface area contributed by atoms with E-state index in [1.807, 2.05) is 0 Å². The predicted molar refractivity (Wildman–Crippen MR) is 61.2 cm³/mol. The minimum atomic E-state index is 0.235. The molecule has 1 heteroatoms. The molecular weight excluding hydrogens is 172 g/mol. The second kappa shape index (κ2) is 4.94. The topological polar surface area (TPSA) is 17.1 Å². The largest absolute Gasteiger partial charge is 0.290 e. The van der Waals surface area contributed by atoms with Crippen molar-refractivity contribution < 1.29 is 0 Å². The highest BCUT2D eigenvalue weighted by Crippen LogP contribution is 2.08. The summed E-state index contributed by atoms with van der Waals surface area (Å²) in [6, 6.07) is 1.71. The fraction of sp³-hybridized carbons (Fsp3) is 0.462. The highest BCUT2D eigenvalue weighted by atomic mass is 16.1. The molecule has 0 aromatic heterocycles. The van der Waals surface area contributed by atoms with Crippen molar-refractivity contribution >= 4 is 0 Å². The van der Waals surface area contributed by atoms with Crippen LogP contribution < -0.4 is 5.43 Å². The first kappa shape index (κ1) is 11.0. The molecular formula is C13H18O. The number of hydrogen-bond donors (Lipinski definition) is 0. The van der Waals surface area contributed by atoms with Gasteiger partial charge >= 0.3 is 0 Å². The Balaban J connectivity index is 2.24. The zero-order valence-electron chi connectivity index (χ0n) is 9.26. The van der Waals surface area contributed by atoms with E-state index in [9.17, 15) is 4.79 Å². The van der Waals surface area contributed by atoms with Crippen LogP contribution in [0, 0.1) is 0 Å². The summed E-state index contributed by atoms with van der Waals surface area (Å²) in [5, 5.41) is 0. The van der Waals surface area contributed by atoms with Gasteiger partial charge in [-0.3, -0.25) is 4.79 Å². The van der Waals surface area contributed by atoms with Gasteiger partial charge in [0.15, 0.2) is 5.43 Å². The van der Waals surface area contributed by atoms with E-state index in [4.69, 9.17) is 0 Å². The fourth-order valence-corrected chi connectivity index (χ4v) is 1.26. The zero-order chi connectivity index (χ0) is 10.6. The Bertz CT molecular complexity index is 355. The van der Waals surface area contributed by atoms with E-state index in [0.717, 1.165) is 24.8 Å². The van der Waals surface area contributed by atoms with Crippen molar-refractivity contribution in [1.29, 1.82) is 0 Å². The molecule has 0 heterocycles. The Kier molecular flexibility index (Phi) is 3.87. The summed E-state index contributed by atoms with van der Waals surface area (Å²) < 4.78 is 0. The van der Waals surface area contributed by atoms with Crippen molar-refractivity contribution in [2.75, 3.05) is 0 Å². The minimum absolute atomic E-state index is 0.235. The lowest BCUT2D eigenvalue weighted by molar-refractivity contribution is 0.957. The molecule has 0 aliphatic carbocycles. The van der Waals surface area contributed by atoms with Gasteiger partial charge in [-0.05, 0) is 46.1 Å². The molecule has 76 valence electrons. The van der Waals surface area contributed by atoms with Crippen LogP contribution in [0.3, 0.4) is 0 Å². The average Bonchev–Trinajstić information content (AvgIpc) is 2.78. The molecule has 14 heavy (non-hydrogen) atoms. The molecule has 1 rings (SSSR count). The maximum Gasteiger partial charge on any atom is 0.182 e. The second-order valence-corrected chi connectivity index (χ2v) is 4.11.